The molecule has 0 bridgehead atoms. The standard InChI is InChI=1S/C17H29BrN2O/c1-5-7-8-14(6-2)12-21-17-15(10-19-13(3)4)9-16(18)11-20-17/h9,11,13-14,19H,5-8,10,12H2,1-4H3. The summed E-state index contributed by atoms with van der Waals surface area (Å²) in [5, 5.41) is 3.42. The van der Waals surface area contributed by atoms with Crippen LogP contribution in [-0.4, -0.2) is 17.6 Å². The average molecular weight is 357 g/mol. The largest absolute Gasteiger partial charge is 0.477 e. The maximum Gasteiger partial charge on any atom is 0.217 e. The summed E-state index contributed by atoms with van der Waals surface area (Å²) in [6, 6.07) is 2.54. The van der Waals surface area contributed by atoms with Crippen LogP contribution in [-0.2, 0) is 6.54 Å². The van der Waals surface area contributed by atoms with E-state index in [1.807, 2.05) is 0 Å². The minimum absolute atomic E-state index is 0.449. The lowest BCUT2D eigenvalue weighted by atomic mass is 10.0. The van der Waals surface area contributed by atoms with Crippen LogP contribution in [0.3, 0.4) is 0 Å². The maximum atomic E-state index is 6.00. The molecule has 1 rings (SSSR count). The highest BCUT2D eigenvalue weighted by Gasteiger charge is 2.11. The van der Waals surface area contributed by atoms with E-state index in [4.69, 9.17) is 4.74 Å². The summed E-state index contributed by atoms with van der Waals surface area (Å²) in [7, 11) is 0. The molecule has 0 aliphatic heterocycles. The van der Waals surface area contributed by atoms with Crippen LogP contribution in [0.2, 0.25) is 0 Å². The maximum absolute atomic E-state index is 6.00. The molecule has 21 heavy (non-hydrogen) atoms. The second-order valence-electron chi connectivity index (χ2n) is 5.88. The first-order valence-corrected chi connectivity index (χ1v) is 8.86. The zero-order valence-electron chi connectivity index (χ0n) is 13.8. The van der Waals surface area contributed by atoms with E-state index in [1.165, 1.54) is 19.3 Å². The van der Waals surface area contributed by atoms with E-state index in [-0.39, 0.29) is 0 Å². The zero-order chi connectivity index (χ0) is 15.7. The van der Waals surface area contributed by atoms with Crippen LogP contribution in [0.1, 0.15) is 58.9 Å². The minimum Gasteiger partial charge on any atom is -0.477 e. The first-order valence-electron chi connectivity index (χ1n) is 8.07. The van der Waals surface area contributed by atoms with Gasteiger partial charge in [-0.25, -0.2) is 4.98 Å². The second-order valence-corrected chi connectivity index (χ2v) is 6.80. The van der Waals surface area contributed by atoms with E-state index >= 15 is 0 Å². The lowest BCUT2D eigenvalue weighted by Gasteiger charge is -2.17. The molecule has 120 valence electrons. The Balaban J connectivity index is 2.63. The summed E-state index contributed by atoms with van der Waals surface area (Å²) in [6.45, 7) is 10.3. The van der Waals surface area contributed by atoms with Gasteiger partial charge in [0.1, 0.15) is 0 Å². The summed E-state index contributed by atoms with van der Waals surface area (Å²) in [6.07, 6.45) is 6.73. The highest BCUT2D eigenvalue weighted by molar-refractivity contribution is 9.10. The number of ether oxygens (including phenoxy) is 1. The van der Waals surface area contributed by atoms with Crippen molar-refractivity contribution in [1.82, 2.24) is 10.3 Å². The predicted molar refractivity (Wildman–Crippen MR) is 92.7 cm³/mol. The third-order valence-electron chi connectivity index (χ3n) is 3.59. The van der Waals surface area contributed by atoms with E-state index < -0.39 is 0 Å². The molecule has 1 unspecified atom stereocenters. The molecular formula is C17H29BrN2O. The molecule has 3 nitrogen and oxygen atoms in total. The Morgan fingerprint density at radius 3 is 2.71 bits per heavy atom. The number of unbranched alkanes of at least 4 members (excludes halogenated alkanes) is 1. The Morgan fingerprint density at radius 2 is 2.10 bits per heavy atom. The minimum atomic E-state index is 0.449. The first-order chi connectivity index (χ1) is 10.1. The molecule has 0 aliphatic carbocycles. The van der Waals surface area contributed by atoms with Crippen LogP contribution >= 0.6 is 15.9 Å². The van der Waals surface area contributed by atoms with Crippen molar-refractivity contribution in [2.24, 2.45) is 5.92 Å². The summed E-state index contributed by atoms with van der Waals surface area (Å²) in [5.41, 5.74) is 1.11. The van der Waals surface area contributed by atoms with Gasteiger partial charge in [0.2, 0.25) is 5.88 Å². The van der Waals surface area contributed by atoms with Gasteiger partial charge in [0, 0.05) is 28.8 Å². The fourth-order valence-electron chi connectivity index (χ4n) is 2.13. The highest BCUT2D eigenvalue weighted by Crippen LogP contribution is 2.22. The van der Waals surface area contributed by atoms with Crippen molar-refractivity contribution < 1.29 is 4.74 Å². The van der Waals surface area contributed by atoms with E-state index in [1.54, 1.807) is 6.20 Å². The Labute approximate surface area is 138 Å². The molecule has 1 aromatic heterocycles. The molecule has 0 aliphatic rings. The predicted octanol–water partition coefficient (Wildman–Crippen LogP) is 4.94. The summed E-state index contributed by atoms with van der Waals surface area (Å²) >= 11 is 3.49. The van der Waals surface area contributed by atoms with Gasteiger partial charge in [0.05, 0.1) is 6.61 Å². The van der Waals surface area contributed by atoms with Gasteiger partial charge in [-0.05, 0) is 34.3 Å². The van der Waals surface area contributed by atoms with Crippen molar-refractivity contribution in [2.75, 3.05) is 6.61 Å². The lowest BCUT2D eigenvalue weighted by Crippen LogP contribution is -2.23. The van der Waals surface area contributed by atoms with Crippen LogP contribution in [0.5, 0.6) is 5.88 Å². The fourth-order valence-corrected chi connectivity index (χ4v) is 2.51. The molecule has 4 heteroatoms. The van der Waals surface area contributed by atoms with Crippen LogP contribution in [0.15, 0.2) is 16.7 Å². The highest BCUT2D eigenvalue weighted by atomic mass is 79.9. The molecule has 1 N–H and O–H groups in total. The van der Waals surface area contributed by atoms with Crippen molar-refractivity contribution in [3.05, 3.63) is 22.3 Å². The van der Waals surface area contributed by atoms with E-state index in [0.29, 0.717) is 12.0 Å². The molecular weight excluding hydrogens is 328 g/mol. The molecule has 0 radical (unpaired) electrons. The molecule has 0 saturated heterocycles. The van der Waals surface area contributed by atoms with Crippen molar-refractivity contribution in [1.29, 1.82) is 0 Å². The number of hydrogen-bond acceptors (Lipinski definition) is 3. The number of rotatable bonds is 10. The second kappa shape index (κ2) is 10.2. The molecule has 0 saturated carbocycles. The Kier molecular flexibility index (Phi) is 8.93. The van der Waals surface area contributed by atoms with Crippen LogP contribution in [0.25, 0.3) is 0 Å². The zero-order valence-corrected chi connectivity index (χ0v) is 15.4. The van der Waals surface area contributed by atoms with Gasteiger partial charge >= 0.3 is 0 Å². The number of pyridine rings is 1. The molecule has 1 aromatic rings. The monoisotopic (exact) mass is 356 g/mol. The Hall–Kier alpha value is -0.610. The van der Waals surface area contributed by atoms with Gasteiger partial charge in [0.15, 0.2) is 0 Å². The molecule has 1 atom stereocenters. The summed E-state index contributed by atoms with van der Waals surface area (Å²) < 4.78 is 7.00. The molecule has 1 heterocycles. The average Bonchev–Trinajstić information content (AvgIpc) is 2.46. The van der Waals surface area contributed by atoms with Crippen LogP contribution in [0.4, 0.5) is 0 Å². The first kappa shape index (κ1) is 18.4. The Bertz CT molecular complexity index is 410. The van der Waals surface area contributed by atoms with Crippen LogP contribution < -0.4 is 10.1 Å². The fraction of sp³-hybridized carbons (Fsp3) is 0.706. The number of hydrogen-bond donors (Lipinski definition) is 1. The number of aromatic nitrogens is 1. The molecule has 0 aromatic carbocycles. The third kappa shape index (κ3) is 7.28. The van der Waals surface area contributed by atoms with Crippen molar-refractivity contribution in [2.45, 2.75) is 66.0 Å². The van der Waals surface area contributed by atoms with Gasteiger partial charge in [-0.1, -0.05) is 47.0 Å². The summed E-state index contributed by atoms with van der Waals surface area (Å²) in [4.78, 5) is 4.43. The van der Waals surface area contributed by atoms with E-state index in [0.717, 1.165) is 35.5 Å². The third-order valence-corrected chi connectivity index (χ3v) is 4.03. The summed E-state index contributed by atoms with van der Waals surface area (Å²) in [5.74, 6) is 1.39. The topological polar surface area (TPSA) is 34.1 Å². The smallest absolute Gasteiger partial charge is 0.217 e. The normalized spacial score (nSPS) is 12.7. The van der Waals surface area contributed by atoms with Crippen molar-refractivity contribution in [3.8, 4) is 5.88 Å². The lowest BCUT2D eigenvalue weighted by molar-refractivity contribution is 0.223. The van der Waals surface area contributed by atoms with Gasteiger partial charge in [0.25, 0.3) is 0 Å². The molecule has 0 spiro atoms. The SMILES string of the molecule is CCCCC(CC)COc1ncc(Br)cc1CNC(C)C. The van der Waals surface area contributed by atoms with Gasteiger partial charge < -0.3 is 10.1 Å². The van der Waals surface area contributed by atoms with E-state index in [9.17, 15) is 0 Å². The quantitative estimate of drug-likeness (QED) is 0.644. The van der Waals surface area contributed by atoms with E-state index in [2.05, 4.69) is 60.0 Å². The molecule has 0 amide bonds. The van der Waals surface area contributed by atoms with Gasteiger partial charge in [-0.15, -0.1) is 0 Å². The Morgan fingerprint density at radius 1 is 1.33 bits per heavy atom. The van der Waals surface area contributed by atoms with Crippen molar-refractivity contribution in [3.63, 3.8) is 0 Å². The van der Waals surface area contributed by atoms with Crippen molar-refractivity contribution >= 4 is 15.9 Å². The number of halogens is 1. The number of nitrogens with zero attached hydrogens (tertiary/aromatic N) is 1. The van der Waals surface area contributed by atoms with Gasteiger partial charge in [-0.3, -0.25) is 0 Å². The molecule has 0 fully saturated rings. The number of nitrogens with one attached hydrogen (secondary N) is 1. The van der Waals surface area contributed by atoms with Crippen LogP contribution in [0, 0.1) is 5.92 Å². The van der Waals surface area contributed by atoms with Gasteiger partial charge in [-0.2, -0.15) is 0 Å².